The third kappa shape index (κ3) is 3.92. The van der Waals surface area contributed by atoms with Crippen LogP contribution in [0.15, 0.2) is 58.5 Å². The van der Waals surface area contributed by atoms with E-state index in [4.69, 9.17) is 11.6 Å². The maximum absolute atomic E-state index is 12.2. The minimum absolute atomic E-state index is 0.00865. The number of nitro groups is 1. The molecule has 1 aliphatic heterocycles. The first-order valence-electron chi connectivity index (χ1n) is 7.36. The smallest absolute Gasteiger partial charge is 0.270 e. The largest absolute Gasteiger partial charge is 0.350 e. The molecular formula is C18H13ClN2O3S. The monoisotopic (exact) mass is 372 g/mol. The van der Waals surface area contributed by atoms with E-state index in [0.717, 1.165) is 11.3 Å². The van der Waals surface area contributed by atoms with E-state index in [1.54, 1.807) is 24.3 Å². The zero-order valence-corrected chi connectivity index (χ0v) is 14.7. The summed E-state index contributed by atoms with van der Waals surface area (Å²) < 4.78 is 0. The Hall–Kier alpha value is -2.57. The summed E-state index contributed by atoms with van der Waals surface area (Å²) in [5.74, 6) is -0.140. The van der Waals surface area contributed by atoms with Crippen molar-refractivity contribution in [2.45, 2.75) is 6.92 Å². The van der Waals surface area contributed by atoms with Crippen LogP contribution in [0.1, 0.15) is 11.1 Å². The zero-order valence-electron chi connectivity index (χ0n) is 13.2. The normalized spacial score (nSPS) is 15.4. The number of hydrogen-bond acceptors (Lipinski definition) is 5. The minimum Gasteiger partial charge on any atom is -0.350 e. The number of nitrogens with zero attached hydrogens (tertiary/aromatic N) is 1. The van der Waals surface area contributed by atoms with Gasteiger partial charge in [-0.2, -0.15) is 0 Å². The van der Waals surface area contributed by atoms with Gasteiger partial charge >= 0.3 is 0 Å². The van der Waals surface area contributed by atoms with Gasteiger partial charge in [0, 0.05) is 28.9 Å². The van der Waals surface area contributed by atoms with Crippen LogP contribution in [0.4, 0.5) is 11.4 Å². The number of carbonyl (C=O) groups excluding carboxylic acids is 1. The van der Waals surface area contributed by atoms with Crippen molar-refractivity contribution in [1.82, 2.24) is 0 Å². The standard InChI is InChI=1S/C18H13ClN2O3S/c1-11-14(19)6-3-7-15(11)20-18-10-16(22)17(25-18)9-12-4-2-5-13(8-12)21(23)24/h2-10,20H,1H3/b17-9-. The SMILES string of the molecule is Cc1c(Cl)cccc1NC1=CC(=O)/C(=C/c2cccc([N+](=O)[O-])c2)S1. The molecule has 0 saturated carbocycles. The number of nitro benzene ring substituents is 1. The van der Waals surface area contributed by atoms with E-state index in [2.05, 4.69) is 5.32 Å². The van der Waals surface area contributed by atoms with Crippen LogP contribution in [0.2, 0.25) is 5.02 Å². The van der Waals surface area contributed by atoms with Crippen LogP contribution < -0.4 is 5.32 Å². The number of hydrogen-bond donors (Lipinski definition) is 1. The molecule has 1 heterocycles. The van der Waals surface area contributed by atoms with Gasteiger partial charge in [-0.25, -0.2) is 0 Å². The Morgan fingerprint density at radius 1 is 1.24 bits per heavy atom. The van der Waals surface area contributed by atoms with Crippen LogP contribution in [0.3, 0.4) is 0 Å². The first-order valence-corrected chi connectivity index (χ1v) is 8.55. The van der Waals surface area contributed by atoms with Gasteiger partial charge in [0.25, 0.3) is 5.69 Å². The molecule has 1 aliphatic rings. The van der Waals surface area contributed by atoms with Crippen molar-refractivity contribution in [1.29, 1.82) is 0 Å². The van der Waals surface area contributed by atoms with Crippen molar-refractivity contribution >= 4 is 46.6 Å². The minimum atomic E-state index is -0.460. The second-order valence-electron chi connectivity index (χ2n) is 5.37. The number of benzene rings is 2. The van der Waals surface area contributed by atoms with Crippen LogP contribution in [0.5, 0.6) is 0 Å². The lowest BCUT2D eigenvalue weighted by atomic mass is 10.1. The summed E-state index contributed by atoms with van der Waals surface area (Å²) in [5, 5.41) is 15.4. The molecular weight excluding hydrogens is 360 g/mol. The number of non-ortho nitro benzene ring substituents is 1. The van der Waals surface area contributed by atoms with E-state index in [-0.39, 0.29) is 11.5 Å². The highest BCUT2D eigenvalue weighted by molar-refractivity contribution is 8.08. The topological polar surface area (TPSA) is 72.2 Å². The van der Waals surface area contributed by atoms with Crippen LogP contribution in [-0.4, -0.2) is 10.7 Å². The van der Waals surface area contributed by atoms with Gasteiger partial charge in [0.1, 0.15) is 0 Å². The molecule has 0 unspecified atom stereocenters. The second-order valence-corrected chi connectivity index (χ2v) is 6.86. The maximum Gasteiger partial charge on any atom is 0.270 e. The number of allylic oxidation sites excluding steroid dienone is 2. The Balaban J connectivity index is 1.79. The molecule has 2 aromatic carbocycles. The third-order valence-corrected chi connectivity index (χ3v) is 5.02. The van der Waals surface area contributed by atoms with Crippen molar-refractivity contribution in [2.75, 3.05) is 5.32 Å². The van der Waals surface area contributed by atoms with Gasteiger partial charge in [0.15, 0.2) is 5.78 Å². The number of carbonyl (C=O) groups is 1. The Morgan fingerprint density at radius 2 is 2.00 bits per heavy atom. The van der Waals surface area contributed by atoms with Gasteiger partial charge in [-0.15, -0.1) is 0 Å². The van der Waals surface area contributed by atoms with Crippen LogP contribution in [-0.2, 0) is 4.79 Å². The zero-order chi connectivity index (χ0) is 18.0. The fourth-order valence-electron chi connectivity index (χ4n) is 2.31. The van der Waals surface area contributed by atoms with E-state index >= 15 is 0 Å². The van der Waals surface area contributed by atoms with Crippen LogP contribution in [0.25, 0.3) is 6.08 Å². The predicted octanol–water partition coefficient (Wildman–Crippen LogP) is 5.17. The highest BCUT2D eigenvalue weighted by atomic mass is 35.5. The third-order valence-electron chi connectivity index (χ3n) is 3.63. The summed E-state index contributed by atoms with van der Waals surface area (Å²) in [7, 11) is 0. The summed E-state index contributed by atoms with van der Waals surface area (Å²) in [6.07, 6.45) is 3.16. The Morgan fingerprint density at radius 3 is 2.76 bits per heavy atom. The lowest BCUT2D eigenvalue weighted by Crippen LogP contribution is -1.96. The van der Waals surface area contributed by atoms with Gasteiger partial charge in [0.2, 0.25) is 0 Å². The molecule has 3 rings (SSSR count). The quantitative estimate of drug-likeness (QED) is 0.455. The molecule has 0 bridgehead atoms. The van der Waals surface area contributed by atoms with Crippen LogP contribution >= 0.6 is 23.4 Å². The first kappa shape index (κ1) is 17.3. The van der Waals surface area contributed by atoms with Crippen molar-refractivity contribution in [3.05, 3.63) is 84.7 Å². The van der Waals surface area contributed by atoms with Crippen molar-refractivity contribution in [2.24, 2.45) is 0 Å². The van der Waals surface area contributed by atoms with Gasteiger partial charge < -0.3 is 5.32 Å². The molecule has 0 aliphatic carbocycles. The predicted molar refractivity (Wildman–Crippen MR) is 102 cm³/mol. The molecule has 0 spiro atoms. The summed E-state index contributed by atoms with van der Waals surface area (Å²) >= 11 is 7.39. The molecule has 0 atom stereocenters. The average molecular weight is 373 g/mol. The second kappa shape index (κ2) is 7.13. The lowest BCUT2D eigenvalue weighted by molar-refractivity contribution is -0.384. The van der Waals surface area contributed by atoms with Crippen molar-refractivity contribution in [3.63, 3.8) is 0 Å². The average Bonchev–Trinajstić information content (AvgIpc) is 2.91. The Kier molecular flexibility index (Phi) is 4.92. The van der Waals surface area contributed by atoms with E-state index in [9.17, 15) is 14.9 Å². The van der Waals surface area contributed by atoms with E-state index < -0.39 is 4.92 Å². The molecule has 0 radical (unpaired) electrons. The first-order chi connectivity index (χ1) is 11.9. The molecule has 0 amide bonds. The number of rotatable bonds is 4. The maximum atomic E-state index is 12.2. The molecule has 2 aromatic rings. The van der Waals surface area contributed by atoms with Gasteiger partial charge in [-0.1, -0.05) is 41.6 Å². The Labute approximate surface area is 153 Å². The fourth-order valence-corrected chi connectivity index (χ4v) is 3.40. The van der Waals surface area contributed by atoms with E-state index in [1.165, 1.54) is 30.0 Å². The van der Waals surface area contributed by atoms with Crippen molar-refractivity contribution in [3.8, 4) is 0 Å². The molecule has 5 nitrogen and oxygen atoms in total. The van der Waals surface area contributed by atoms with Gasteiger partial charge in [-0.05, 0) is 36.3 Å². The number of halogens is 1. The molecule has 0 fully saturated rings. The molecule has 0 aromatic heterocycles. The van der Waals surface area contributed by atoms with Gasteiger partial charge in [-0.3, -0.25) is 14.9 Å². The molecule has 126 valence electrons. The van der Waals surface area contributed by atoms with Gasteiger partial charge in [0.05, 0.1) is 14.9 Å². The number of anilines is 1. The molecule has 1 N–H and O–H groups in total. The number of nitrogens with one attached hydrogen (secondary N) is 1. The number of ketones is 1. The van der Waals surface area contributed by atoms with E-state index in [0.29, 0.717) is 20.5 Å². The van der Waals surface area contributed by atoms with Crippen LogP contribution in [0, 0.1) is 17.0 Å². The van der Waals surface area contributed by atoms with Crippen molar-refractivity contribution < 1.29 is 9.72 Å². The number of thioether (sulfide) groups is 1. The summed E-state index contributed by atoms with van der Waals surface area (Å²) in [6, 6.07) is 11.7. The molecule has 7 heteroatoms. The summed E-state index contributed by atoms with van der Waals surface area (Å²) in [5.41, 5.74) is 2.33. The summed E-state index contributed by atoms with van der Waals surface area (Å²) in [6.45, 7) is 1.90. The fraction of sp³-hybridized carbons (Fsp3) is 0.0556. The highest BCUT2D eigenvalue weighted by Crippen LogP contribution is 2.36. The Bertz CT molecular complexity index is 938. The highest BCUT2D eigenvalue weighted by Gasteiger charge is 2.20. The molecule has 0 saturated heterocycles. The summed E-state index contributed by atoms with van der Waals surface area (Å²) in [4.78, 5) is 23.1. The lowest BCUT2D eigenvalue weighted by Gasteiger charge is -2.10. The molecule has 25 heavy (non-hydrogen) atoms. The van der Waals surface area contributed by atoms with E-state index in [1.807, 2.05) is 19.1 Å².